The highest BCUT2D eigenvalue weighted by Crippen LogP contribution is 2.53. The lowest BCUT2D eigenvalue weighted by atomic mass is 9.77. The SMILES string of the molecule is CCCCCCCC(=O)NCC(=O)NC[C@@H]1[C@@H]2CC[C@@H](C2)[C@@H]1CC=CCCCC(=O)O. The average molecular weight is 435 g/mol. The summed E-state index contributed by atoms with van der Waals surface area (Å²) in [6, 6.07) is 0. The van der Waals surface area contributed by atoms with Gasteiger partial charge in [0.25, 0.3) is 0 Å². The highest BCUT2D eigenvalue weighted by molar-refractivity contribution is 5.84. The van der Waals surface area contributed by atoms with Crippen LogP contribution in [0, 0.1) is 23.7 Å². The van der Waals surface area contributed by atoms with Crippen molar-refractivity contribution in [1.82, 2.24) is 10.6 Å². The number of nitrogens with one attached hydrogen (secondary N) is 2. The van der Waals surface area contributed by atoms with Crippen LogP contribution in [-0.4, -0.2) is 36.0 Å². The number of hydrogen-bond acceptors (Lipinski definition) is 3. The second-order valence-electron chi connectivity index (χ2n) is 9.40. The molecule has 2 saturated carbocycles. The molecule has 176 valence electrons. The predicted molar refractivity (Wildman–Crippen MR) is 122 cm³/mol. The third-order valence-corrected chi connectivity index (χ3v) is 7.10. The Bertz CT molecular complexity index is 604. The molecule has 2 fully saturated rings. The van der Waals surface area contributed by atoms with Gasteiger partial charge in [-0.15, -0.1) is 0 Å². The van der Waals surface area contributed by atoms with Gasteiger partial charge in [0.2, 0.25) is 11.8 Å². The molecule has 6 nitrogen and oxygen atoms in total. The molecular weight excluding hydrogens is 392 g/mol. The van der Waals surface area contributed by atoms with Crippen LogP contribution < -0.4 is 10.6 Å². The van der Waals surface area contributed by atoms with Crippen molar-refractivity contribution >= 4 is 17.8 Å². The summed E-state index contributed by atoms with van der Waals surface area (Å²) in [6.45, 7) is 2.94. The van der Waals surface area contributed by atoms with E-state index < -0.39 is 5.97 Å². The van der Waals surface area contributed by atoms with Crippen LogP contribution in [0.5, 0.6) is 0 Å². The Kier molecular flexibility index (Phi) is 11.7. The quantitative estimate of drug-likeness (QED) is 0.247. The summed E-state index contributed by atoms with van der Waals surface area (Å²) >= 11 is 0. The molecule has 3 N–H and O–H groups in total. The van der Waals surface area contributed by atoms with Crippen molar-refractivity contribution in [3.8, 4) is 0 Å². The summed E-state index contributed by atoms with van der Waals surface area (Å²) in [7, 11) is 0. The summed E-state index contributed by atoms with van der Waals surface area (Å²) in [5.41, 5.74) is 0. The monoisotopic (exact) mass is 434 g/mol. The summed E-state index contributed by atoms with van der Waals surface area (Å²) in [6.07, 6.45) is 16.9. The number of allylic oxidation sites excluding steroid dienone is 2. The van der Waals surface area contributed by atoms with Crippen molar-refractivity contribution in [2.45, 2.75) is 90.4 Å². The van der Waals surface area contributed by atoms with Crippen molar-refractivity contribution in [1.29, 1.82) is 0 Å². The van der Waals surface area contributed by atoms with E-state index in [4.69, 9.17) is 5.11 Å². The summed E-state index contributed by atoms with van der Waals surface area (Å²) in [5.74, 6) is 1.72. The standard InChI is InChI=1S/C25H42N2O4/c1-2-3-4-5-9-12-23(28)27-18-24(29)26-17-22-20-15-14-19(16-20)21(22)11-8-6-7-10-13-25(30)31/h6,8,19-22H,2-5,7,9-18H2,1H3,(H,26,29)(H,27,28)(H,30,31)/t19-,20+,21-,22+/m0/s1. The molecule has 2 rings (SSSR count). The predicted octanol–water partition coefficient (Wildman–Crippen LogP) is 4.44. The lowest BCUT2D eigenvalue weighted by molar-refractivity contribution is -0.137. The fourth-order valence-electron chi connectivity index (χ4n) is 5.41. The number of rotatable bonds is 16. The molecule has 0 heterocycles. The van der Waals surface area contributed by atoms with E-state index in [1.165, 1.54) is 38.5 Å². The number of hydrogen-bond donors (Lipinski definition) is 3. The maximum atomic E-state index is 12.2. The molecule has 6 heteroatoms. The van der Waals surface area contributed by atoms with Gasteiger partial charge in [-0.05, 0) is 68.6 Å². The molecule has 31 heavy (non-hydrogen) atoms. The first-order valence-corrected chi connectivity index (χ1v) is 12.4. The molecule has 2 amide bonds. The first-order chi connectivity index (χ1) is 15.0. The van der Waals surface area contributed by atoms with Crippen LogP contribution in [0.25, 0.3) is 0 Å². The van der Waals surface area contributed by atoms with Crippen LogP contribution >= 0.6 is 0 Å². The highest BCUT2D eigenvalue weighted by Gasteiger charge is 2.46. The van der Waals surface area contributed by atoms with Gasteiger partial charge < -0.3 is 15.7 Å². The largest absolute Gasteiger partial charge is 0.481 e. The van der Waals surface area contributed by atoms with Gasteiger partial charge in [0.15, 0.2) is 0 Å². The number of carbonyl (C=O) groups excluding carboxylic acids is 2. The minimum atomic E-state index is -0.736. The van der Waals surface area contributed by atoms with E-state index in [-0.39, 0.29) is 24.8 Å². The number of unbranched alkanes of at least 4 members (excludes halogenated alkanes) is 5. The first kappa shape index (κ1) is 25.4. The van der Waals surface area contributed by atoms with Crippen LogP contribution in [0.1, 0.15) is 90.4 Å². The molecule has 2 bridgehead atoms. The van der Waals surface area contributed by atoms with E-state index in [0.717, 1.165) is 31.6 Å². The van der Waals surface area contributed by atoms with Gasteiger partial charge >= 0.3 is 5.97 Å². The maximum absolute atomic E-state index is 12.2. The van der Waals surface area contributed by atoms with Crippen LogP contribution in [-0.2, 0) is 14.4 Å². The van der Waals surface area contributed by atoms with Crippen LogP contribution in [0.4, 0.5) is 0 Å². The van der Waals surface area contributed by atoms with E-state index >= 15 is 0 Å². The topological polar surface area (TPSA) is 95.5 Å². The van der Waals surface area contributed by atoms with Gasteiger partial charge in [0, 0.05) is 19.4 Å². The Balaban J connectivity index is 1.63. The second kappa shape index (κ2) is 14.3. The fourth-order valence-corrected chi connectivity index (χ4v) is 5.41. The Morgan fingerprint density at radius 2 is 1.61 bits per heavy atom. The van der Waals surface area contributed by atoms with E-state index in [0.29, 0.717) is 37.1 Å². The third kappa shape index (κ3) is 9.44. The van der Waals surface area contributed by atoms with Crippen molar-refractivity contribution in [2.24, 2.45) is 23.7 Å². The van der Waals surface area contributed by atoms with E-state index in [1.54, 1.807) is 0 Å². The van der Waals surface area contributed by atoms with Crippen molar-refractivity contribution < 1.29 is 19.5 Å². The number of carboxylic acid groups (broad SMARTS) is 1. The maximum Gasteiger partial charge on any atom is 0.303 e. The van der Waals surface area contributed by atoms with Crippen LogP contribution in [0.2, 0.25) is 0 Å². The molecule has 2 aliphatic carbocycles. The number of carboxylic acids is 1. The Hall–Kier alpha value is -1.85. The van der Waals surface area contributed by atoms with E-state index in [1.807, 2.05) is 0 Å². The molecule has 2 aliphatic rings. The smallest absolute Gasteiger partial charge is 0.303 e. The van der Waals surface area contributed by atoms with Gasteiger partial charge in [-0.2, -0.15) is 0 Å². The van der Waals surface area contributed by atoms with Gasteiger partial charge in [-0.25, -0.2) is 0 Å². The first-order valence-electron chi connectivity index (χ1n) is 12.4. The summed E-state index contributed by atoms with van der Waals surface area (Å²) in [4.78, 5) is 34.7. The summed E-state index contributed by atoms with van der Waals surface area (Å²) in [5, 5.41) is 14.5. The van der Waals surface area contributed by atoms with E-state index in [2.05, 4.69) is 29.7 Å². The summed E-state index contributed by atoms with van der Waals surface area (Å²) < 4.78 is 0. The second-order valence-corrected chi connectivity index (χ2v) is 9.40. The molecular formula is C25H42N2O4. The molecule has 4 atom stereocenters. The lowest BCUT2D eigenvalue weighted by Gasteiger charge is -2.30. The number of carbonyl (C=O) groups is 3. The number of amides is 2. The van der Waals surface area contributed by atoms with Gasteiger partial charge in [0.05, 0.1) is 6.54 Å². The Labute approximate surface area is 187 Å². The normalized spacial score (nSPS) is 24.5. The Morgan fingerprint density at radius 3 is 2.35 bits per heavy atom. The minimum Gasteiger partial charge on any atom is -0.481 e. The van der Waals surface area contributed by atoms with Gasteiger partial charge in [-0.1, -0.05) is 44.8 Å². The molecule has 0 aromatic rings. The Morgan fingerprint density at radius 1 is 0.871 bits per heavy atom. The molecule has 0 aliphatic heterocycles. The van der Waals surface area contributed by atoms with Crippen LogP contribution in [0.3, 0.4) is 0 Å². The number of aliphatic carboxylic acids is 1. The van der Waals surface area contributed by atoms with Crippen LogP contribution in [0.15, 0.2) is 12.2 Å². The van der Waals surface area contributed by atoms with Gasteiger partial charge in [-0.3, -0.25) is 14.4 Å². The fraction of sp³-hybridized carbons (Fsp3) is 0.800. The zero-order valence-electron chi connectivity index (χ0n) is 19.2. The molecule has 0 aromatic heterocycles. The van der Waals surface area contributed by atoms with Crippen molar-refractivity contribution in [3.63, 3.8) is 0 Å². The van der Waals surface area contributed by atoms with Gasteiger partial charge in [0.1, 0.15) is 0 Å². The van der Waals surface area contributed by atoms with Crippen molar-refractivity contribution in [3.05, 3.63) is 12.2 Å². The zero-order valence-corrected chi connectivity index (χ0v) is 19.2. The van der Waals surface area contributed by atoms with Crippen molar-refractivity contribution in [2.75, 3.05) is 13.1 Å². The molecule has 0 radical (unpaired) electrons. The lowest BCUT2D eigenvalue weighted by Crippen LogP contribution is -2.41. The molecule has 0 aromatic carbocycles. The highest BCUT2D eigenvalue weighted by atomic mass is 16.4. The van der Waals surface area contributed by atoms with E-state index in [9.17, 15) is 14.4 Å². The molecule has 0 unspecified atom stereocenters. The third-order valence-electron chi connectivity index (χ3n) is 7.10. The zero-order chi connectivity index (χ0) is 22.5. The average Bonchev–Trinajstić information content (AvgIpc) is 3.34. The molecule has 0 saturated heterocycles. The number of fused-ring (bicyclic) bond motifs is 2. The minimum absolute atomic E-state index is 0.0301. The molecule has 0 spiro atoms.